The monoisotopic (exact) mass is 459 g/mol. The lowest BCUT2D eigenvalue weighted by molar-refractivity contribution is -0.137. The van der Waals surface area contributed by atoms with Gasteiger partial charge in [-0.1, -0.05) is 12.7 Å². The van der Waals surface area contributed by atoms with E-state index in [0.717, 1.165) is 50.6 Å². The van der Waals surface area contributed by atoms with Crippen LogP contribution < -0.4 is 5.32 Å². The fourth-order valence-corrected chi connectivity index (χ4v) is 5.42. The molecule has 2 atom stereocenters. The minimum Gasteiger partial charge on any atom is -0.342 e. The molecular weight excluding hydrogens is 428 g/mol. The zero-order valence-electron chi connectivity index (χ0n) is 19.0. The third-order valence-corrected chi connectivity index (χ3v) is 7.84. The molecule has 2 heterocycles. The number of likely N-dealkylation sites (tertiary alicyclic amines) is 1. The van der Waals surface area contributed by atoms with Crippen molar-refractivity contribution in [3.05, 3.63) is 18.5 Å². The molecule has 1 aromatic rings. The van der Waals surface area contributed by atoms with Crippen LogP contribution in [0.25, 0.3) is 11.8 Å². The van der Waals surface area contributed by atoms with Gasteiger partial charge in [0.2, 0.25) is 17.8 Å². The third kappa shape index (κ3) is 4.34. The summed E-state index contributed by atoms with van der Waals surface area (Å²) in [6.07, 6.45) is 9.86. The lowest BCUT2D eigenvalue weighted by atomic mass is 9.76. The van der Waals surface area contributed by atoms with Gasteiger partial charge in [0.25, 0.3) is 5.92 Å². The summed E-state index contributed by atoms with van der Waals surface area (Å²) in [5.41, 5.74) is 0.969. The van der Waals surface area contributed by atoms with Gasteiger partial charge in [-0.05, 0) is 63.4 Å². The number of aromatic nitrogens is 3. The molecule has 178 valence electrons. The van der Waals surface area contributed by atoms with Gasteiger partial charge in [-0.15, -0.1) is 5.10 Å². The van der Waals surface area contributed by atoms with Crippen LogP contribution in [0.4, 0.5) is 14.7 Å². The molecule has 7 nitrogen and oxygen atoms in total. The lowest BCUT2D eigenvalue weighted by Crippen LogP contribution is -2.43. The van der Waals surface area contributed by atoms with Gasteiger partial charge in [-0.25, -0.2) is 13.5 Å². The maximum absolute atomic E-state index is 13.3. The van der Waals surface area contributed by atoms with Crippen molar-refractivity contribution < 1.29 is 18.4 Å². The summed E-state index contributed by atoms with van der Waals surface area (Å²) in [5.74, 6) is -3.08. The molecule has 5 rings (SSSR count). The molecule has 1 N–H and O–H groups in total. The Labute approximate surface area is 192 Å². The zero-order valence-corrected chi connectivity index (χ0v) is 19.0. The Bertz CT molecular complexity index is 1000. The van der Waals surface area contributed by atoms with Crippen LogP contribution in [-0.4, -0.2) is 50.5 Å². The second kappa shape index (κ2) is 8.02. The minimum absolute atomic E-state index is 0.0325. The molecule has 33 heavy (non-hydrogen) atoms. The van der Waals surface area contributed by atoms with E-state index in [-0.39, 0.29) is 35.5 Å². The number of carbonyl (C=O) groups excluding carboxylic acids is 2. The molecule has 9 heteroatoms. The Hall–Kier alpha value is -2.58. The van der Waals surface area contributed by atoms with E-state index in [9.17, 15) is 18.4 Å². The van der Waals surface area contributed by atoms with Crippen LogP contribution in [-0.2, 0) is 9.59 Å². The first kappa shape index (κ1) is 22.2. The molecule has 0 aromatic carbocycles. The van der Waals surface area contributed by atoms with Crippen LogP contribution in [0, 0.1) is 23.2 Å². The molecule has 0 unspecified atom stereocenters. The maximum atomic E-state index is 13.3. The number of hydrogen-bond acceptors (Lipinski definition) is 4. The Balaban J connectivity index is 1.22. The first-order valence-electron chi connectivity index (χ1n) is 12.0. The predicted octanol–water partition coefficient (Wildman–Crippen LogP) is 4.19. The predicted molar refractivity (Wildman–Crippen MR) is 120 cm³/mol. The molecule has 1 spiro atoms. The van der Waals surface area contributed by atoms with Gasteiger partial charge in [0.15, 0.2) is 5.82 Å². The molecule has 1 saturated heterocycles. The van der Waals surface area contributed by atoms with Crippen molar-refractivity contribution in [2.75, 3.05) is 18.4 Å². The van der Waals surface area contributed by atoms with Gasteiger partial charge in [-0.3, -0.25) is 14.9 Å². The summed E-state index contributed by atoms with van der Waals surface area (Å²) >= 11 is 0. The van der Waals surface area contributed by atoms with E-state index >= 15 is 0 Å². The highest BCUT2D eigenvalue weighted by molar-refractivity contribution is 5.92. The fourth-order valence-electron chi connectivity index (χ4n) is 5.42. The number of amides is 2. The van der Waals surface area contributed by atoms with Crippen molar-refractivity contribution in [1.29, 1.82) is 0 Å². The summed E-state index contributed by atoms with van der Waals surface area (Å²) in [5, 5.41) is 7.34. The standard InChI is InChI=1S/C24H31F2N5O2/c1-3-4-19-27-22(28-20(32)16-5-6-16)29-31(19)15(2)17-7-8-23(13-17)9-11-30(12-10-23)21(33)18-14-24(18,25)26/h3-4,16-18H,2,5-14H2,1H3,(H,28,29,32)/b4-3-/t17-,18-/m0/s1. The van der Waals surface area contributed by atoms with Gasteiger partial charge in [0.05, 0.1) is 0 Å². The number of nitrogens with one attached hydrogen (secondary N) is 1. The van der Waals surface area contributed by atoms with Crippen molar-refractivity contribution in [2.24, 2.45) is 23.2 Å². The third-order valence-electron chi connectivity index (χ3n) is 7.84. The van der Waals surface area contributed by atoms with Crippen molar-refractivity contribution >= 4 is 29.5 Å². The van der Waals surface area contributed by atoms with Crippen molar-refractivity contribution in [1.82, 2.24) is 19.7 Å². The molecule has 0 bridgehead atoms. The van der Waals surface area contributed by atoms with E-state index in [4.69, 9.17) is 0 Å². The normalized spacial score (nSPS) is 27.8. The van der Waals surface area contributed by atoms with Crippen LogP contribution in [0.1, 0.15) is 64.1 Å². The van der Waals surface area contributed by atoms with Crippen molar-refractivity contribution in [3.8, 4) is 0 Å². The molecule has 1 aliphatic heterocycles. The number of carbonyl (C=O) groups is 2. The van der Waals surface area contributed by atoms with Gasteiger partial charge in [0, 0.05) is 37.0 Å². The van der Waals surface area contributed by atoms with E-state index in [0.29, 0.717) is 24.9 Å². The second-order valence-electron chi connectivity index (χ2n) is 10.2. The highest BCUT2D eigenvalue weighted by atomic mass is 19.3. The Morgan fingerprint density at radius 1 is 1.12 bits per heavy atom. The van der Waals surface area contributed by atoms with Crippen molar-refractivity contribution in [3.63, 3.8) is 0 Å². The molecule has 3 saturated carbocycles. The van der Waals surface area contributed by atoms with Crippen LogP contribution in [0.5, 0.6) is 0 Å². The molecule has 2 amide bonds. The van der Waals surface area contributed by atoms with Crippen molar-refractivity contribution in [2.45, 2.75) is 64.2 Å². The topological polar surface area (TPSA) is 80.1 Å². The van der Waals surface area contributed by atoms with E-state index < -0.39 is 11.8 Å². The number of halogens is 2. The van der Waals surface area contributed by atoms with Gasteiger partial charge in [0.1, 0.15) is 5.92 Å². The number of alkyl halides is 2. The maximum Gasteiger partial charge on any atom is 0.260 e. The number of piperidine rings is 1. The number of anilines is 1. The summed E-state index contributed by atoms with van der Waals surface area (Å²) in [7, 11) is 0. The highest BCUT2D eigenvalue weighted by Crippen LogP contribution is 2.53. The number of rotatable bonds is 6. The van der Waals surface area contributed by atoms with E-state index in [2.05, 4.69) is 22.0 Å². The summed E-state index contributed by atoms with van der Waals surface area (Å²) in [4.78, 5) is 30.6. The molecule has 0 radical (unpaired) electrons. The van der Waals surface area contributed by atoms with Gasteiger partial charge >= 0.3 is 0 Å². The van der Waals surface area contributed by atoms with Gasteiger partial charge < -0.3 is 4.90 Å². The van der Waals surface area contributed by atoms with E-state index in [1.165, 1.54) is 0 Å². The first-order valence-corrected chi connectivity index (χ1v) is 12.0. The highest BCUT2D eigenvalue weighted by Gasteiger charge is 2.62. The van der Waals surface area contributed by atoms with Crippen LogP contribution in [0.15, 0.2) is 12.7 Å². The largest absolute Gasteiger partial charge is 0.342 e. The SMILES string of the molecule is C=C([C@H]1CCC2(CCN(C(=O)[C@@H]3CC3(F)F)CC2)C1)n1nc(NC(=O)C2CC2)nc1/C=C\C. The van der Waals surface area contributed by atoms with Crippen LogP contribution in [0.2, 0.25) is 0 Å². The minimum atomic E-state index is -2.80. The Morgan fingerprint density at radius 2 is 1.82 bits per heavy atom. The average molecular weight is 460 g/mol. The van der Waals surface area contributed by atoms with E-state index in [1.54, 1.807) is 9.58 Å². The number of nitrogens with zero attached hydrogens (tertiary/aromatic N) is 4. The lowest BCUT2D eigenvalue weighted by Gasteiger charge is -2.39. The fraction of sp³-hybridized carbons (Fsp3) is 0.667. The zero-order chi connectivity index (χ0) is 23.4. The number of hydrogen-bond donors (Lipinski definition) is 1. The Kier molecular flexibility index (Phi) is 5.40. The van der Waals surface area contributed by atoms with E-state index in [1.807, 2.05) is 19.1 Å². The smallest absolute Gasteiger partial charge is 0.260 e. The molecule has 4 aliphatic rings. The molecule has 3 aliphatic carbocycles. The summed E-state index contributed by atoms with van der Waals surface area (Å²) < 4.78 is 28.3. The Morgan fingerprint density at radius 3 is 2.42 bits per heavy atom. The van der Waals surface area contributed by atoms with Gasteiger partial charge in [-0.2, -0.15) is 4.98 Å². The van der Waals surface area contributed by atoms with Crippen LogP contribution in [0.3, 0.4) is 0 Å². The van der Waals surface area contributed by atoms with Crippen LogP contribution >= 0.6 is 0 Å². The second-order valence-corrected chi connectivity index (χ2v) is 10.2. The summed E-state index contributed by atoms with van der Waals surface area (Å²) in [6, 6.07) is 0. The molecule has 4 fully saturated rings. The number of allylic oxidation sites excluding steroid dienone is 2. The first-order chi connectivity index (χ1) is 15.7. The quantitative estimate of drug-likeness (QED) is 0.692. The molecule has 1 aromatic heterocycles. The summed E-state index contributed by atoms with van der Waals surface area (Å²) in [6.45, 7) is 7.33. The molecular formula is C24H31F2N5O2. The average Bonchev–Trinajstić information content (AvgIpc) is 3.66.